The first-order valence-electron chi connectivity index (χ1n) is 9.77. The number of methoxy groups -OCH3 is 1. The summed E-state index contributed by atoms with van der Waals surface area (Å²) < 4.78 is 10.2. The van der Waals surface area contributed by atoms with Crippen LogP contribution in [0.3, 0.4) is 0 Å². The Balaban J connectivity index is 1.62. The minimum atomic E-state index is -0.543. The number of hydrogen-bond donors (Lipinski definition) is 3. The Bertz CT molecular complexity index is 989. The van der Waals surface area contributed by atoms with Crippen molar-refractivity contribution in [3.63, 3.8) is 0 Å². The standard InChI is InChI=1S/C22H23N3O5S/c1-29-21(28)15-7-4-6-14(12-15)19(26)25-22(31)24-18-10-3-2-9-17(18)20(27)23-13-16-8-5-11-30-16/h2-4,6-7,9-10,12,16H,5,8,11,13H2,1H3,(H,23,27)(H2,24,25,26,31). The number of amides is 2. The summed E-state index contributed by atoms with van der Waals surface area (Å²) >= 11 is 5.23. The van der Waals surface area contributed by atoms with E-state index in [1.807, 2.05) is 0 Å². The average molecular weight is 442 g/mol. The molecule has 1 heterocycles. The Hall–Kier alpha value is -3.30. The molecule has 1 atom stereocenters. The molecule has 0 aromatic heterocycles. The monoisotopic (exact) mass is 441 g/mol. The van der Waals surface area contributed by atoms with Gasteiger partial charge >= 0.3 is 5.97 Å². The van der Waals surface area contributed by atoms with Crippen molar-refractivity contribution in [3.05, 3.63) is 65.2 Å². The van der Waals surface area contributed by atoms with Crippen molar-refractivity contribution in [1.29, 1.82) is 0 Å². The van der Waals surface area contributed by atoms with Crippen LogP contribution in [0.15, 0.2) is 48.5 Å². The molecule has 1 aliphatic rings. The molecule has 1 unspecified atom stereocenters. The Morgan fingerprint density at radius 2 is 1.87 bits per heavy atom. The van der Waals surface area contributed by atoms with Crippen molar-refractivity contribution in [2.45, 2.75) is 18.9 Å². The SMILES string of the molecule is COC(=O)c1cccc(C(=O)NC(=S)Nc2ccccc2C(=O)NCC2CCCO2)c1. The summed E-state index contributed by atoms with van der Waals surface area (Å²) in [5.74, 6) is -1.31. The fourth-order valence-corrected chi connectivity index (χ4v) is 3.33. The molecule has 162 valence electrons. The van der Waals surface area contributed by atoms with Crippen molar-refractivity contribution in [3.8, 4) is 0 Å². The number of carbonyl (C=O) groups excluding carboxylic acids is 3. The van der Waals surface area contributed by atoms with Gasteiger partial charge in [0.05, 0.1) is 30.0 Å². The van der Waals surface area contributed by atoms with E-state index in [4.69, 9.17) is 17.0 Å². The molecule has 8 nitrogen and oxygen atoms in total. The Labute approximate surface area is 185 Å². The first-order chi connectivity index (χ1) is 15.0. The van der Waals surface area contributed by atoms with Gasteiger partial charge in [-0.3, -0.25) is 14.9 Å². The van der Waals surface area contributed by atoms with Gasteiger partial charge in [-0.2, -0.15) is 0 Å². The van der Waals surface area contributed by atoms with Crippen LogP contribution in [0.2, 0.25) is 0 Å². The summed E-state index contributed by atoms with van der Waals surface area (Å²) in [4.78, 5) is 36.7. The van der Waals surface area contributed by atoms with Gasteiger partial charge in [0.2, 0.25) is 0 Å². The maximum atomic E-state index is 12.6. The molecule has 2 aromatic carbocycles. The number of thiocarbonyl (C=S) groups is 1. The van der Waals surface area contributed by atoms with Gasteiger partial charge in [0.25, 0.3) is 11.8 Å². The van der Waals surface area contributed by atoms with Gasteiger partial charge in [0.15, 0.2) is 5.11 Å². The second-order valence-electron chi connectivity index (χ2n) is 6.87. The average Bonchev–Trinajstić information content (AvgIpc) is 3.31. The van der Waals surface area contributed by atoms with E-state index < -0.39 is 11.9 Å². The molecule has 3 rings (SSSR count). The lowest BCUT2D eigenvalue weighted by atomic mass is 10.1. The zero-order valence-electron chi connectivity index (χ0n) is 17.0. The van der Waals surface area contributed by atoms with Gasteiger partial charge in [0.1, 0.15) is 0 Å². The van der Waals surface area contributed by atoms with Gasteiger partial charge in [-0.25, -0.2) is 4.79 Å². The minimum Gasteiger partial charge on any atom is -0.465 e. The highest BCUT2D eigenvalue weighted by atomic mass is 32.1. The molecule has 0 bridgehead atoms. The van der Waals surface area contributed by atoms with Crippen LogP contribution >= 0.6 is 12.2 Å². The third-order valence-corrected chi connectivity index (χ3v) is 4.91. The summed E-state index contributed by atoms with van der Waals surface area (Å²) in [6.07, 6.45) is 1.95. The zero-order valence-corrected chi connectivity index (χ0v) is 17.8. The summed E-state index contributed by atoms with van der Waals surface area (Å²) in [6, 6.07) is 12.9. The van der Waals surface area contributed by atoms with Crippen LogP contribution in [0.4, 0.5) is 5.69 Å². The number of benzene rings is 2. The number of anilines is 1. The summed E-state index contributed by atoms with van der Waals surface area (Å²) in [7, 11) is 1.27. The van der Waals surface area contributed by atoms with Crippen LogP contribution in [-0.2, 0) is 9.47 Å². The summed E-state index contributed by atoms with van der Waals surface area (Å²) in [5.41, 5.74) is 1.35. The van der Waals surface area contributed by atoms with Crippen LogP contribution in [0.5, 0.6) is 0 Å². The largest absolute Gasteiger partial charge is 0.465 e. The Kier molecular flexibility index (Phi) is 7.69. The van der Waals surface area contributed by atoms with Crippen molar-refractivity contribution < 1.29 is 23.9 Å². The number of esters is 1. The van der Waals surface area contributed by atoms with E-state index in [-0.39, 0.29) is 28.3 Å². The van der Waals surface area contributed by atoms with Crippen LogP contribution < -0.4 is 16.0 Å². The number of ether oxygens (including phenoxy) is 2. The van der Waals surface area contributed by atoms with Gasteiger partial charge in [-0.1, -0.05) is 18.2 Å². The van der Waals surface area contributed by atoms with Gasteiger partial charge in [-0.15, -0.1) is 0 Å². The molecule has 1 saturated heterocycles. The van der Waals surface area contributed by atoms with Gasteiger partial charge in [0, 0.05) is 18.7 Å². The van der Waals surface area contributed by atoms with E-state index in [1.54, 1.807) is 42.5 Å². The first-order valence-corrected chi connectivity index (χ1v) is 10.2. The van der Waals surface area contributed by atoms with Crippen molar-refractivity contribution in [2.75, 3.05) is 25.6 Å². The molecule has 31 heavy (non-hydrogen) atoms. The third kappa shape index (κ3) is 6.09. The highest BCUT2D eigenvalue weighted by Gasteiger charge is 2.18. The number of hydrogen-bond acceptors (Lipinski definition) is 6. The van der Waals surface area contributed by atoms with Crippen LogP contribution in [0, 0.1) is 0 Å². The molecule has 0 radical (unpaired) electrons. The second kappa shape index (κ2) is 10.6. The smallest absolute Gasteiger partial charge is 0.337 e. The van der Waals surface area contributed by atoms with Gasteiger partial charge < -0.3 is 20.1 Å². The predicted octanol–water partition coefficient (Wildman–Crippen LogP) is 2.51. The normalized spacial score (nSPS) is 15.1. The van der Waals surface area contributed by atoms with Crippen LogP contribution in [0.25, 0.3) is 0 Å². The molecule has 2 amide bonds. The number of carbonyl (C=O) groups is 3. The molecule has 2 aromatic rings. The first kappa shape index (κ1) is 22.4. The maximum Gasteiger partial charge on any atom is 0.337 e. The summed E-state index contributed by atoms with van der Waals surface area (Å²) in [6.45, 7) is 1.15. The molecular formula is C22H23N3O5S. The molecule has 1 fully saturated rings. The third-order valence-electron chi connectivity index (χ3n) is 4.71. The molecule has 9 heteroatoms. The fourth-order valence-electron chi connectivity index (χ4n) is 3.13. The van der Waals surface area contributed by atoms with E-state index in [2.05, 4.69) is 20.7 Å². The van der Waals surface area contributed by atoms with Crippen LogP contribution in [0.1, 0.15) is 43.9 Å². The Morgan fingerprint density at radius 1 is 1.10 bits per heavy atom. The maximum absolute atomic E-state index is 12.6. The molecule has 0 saturated carbocycles. The van der Waals surface area contributed by atoms with E-state index >= 15 is 0 Å². The lowest BCUT2D eigenvalue weighted by molar-refractivity contribution is 0.0600. The van der Waals surface area contributed by atoms with E-state index in [9.17, 15) is 14.4 Å². The zero-order chi connectivity index (χ0) is 22.2. The number of nitrogens with one attached hydrogen (secondary N) is 3. The number of para-hydroxylation sites is 1. The Morgan fingerprint density at radius 3 is 2.61 bits per heavy atom. The molecule has 1 aliphatic heterocycles. The summed E-state index contributed by atoms with van der Waals surface area (Å²) in [5, 5.41) is 8.32. The molecule has 0 spiro atoms. The topological polar surface area (TPSA) is 106 Å². The molecule has 0 aliphatic carbocycles. The minimum absolute atomic E-state index is 0.0212. The van der Waals surface area contributed by atoms with Crippen molar-refractivity contribution in [1.82, 2.24) is 10.6 Å². The lowest BCUT2D eigenvalue weighted by Gasteiger charge is -2.15. The lowest BCUT2D eigenvalue weighted by Crippen LogP contribution is -2.36. The fraction of sp³-hybridized carbons (Fsp3) is 0.273. The van der Waals surface area contributed by atoms with Crippen molar-refractivity contribution in [2.24, 2.45) is 0 Å². The van der Waals surface area contributed by atoms with E-state index in [0.717, 1.165) is 19.4 Å². The highest BCUT2D eigenvalue weighted by molar-refractivity contribution is 7.80. The predicted molar refractivity (Wildman–Crippen MR) is 119 cm³/mol. The van der Waals surface area contributed by atoms with Crippen molar-refractivity contribution >= 4 is 40.8 Å². The van der Waals surface area contributed by atoms with E-state index in [0.29, 0.717) is 17.8 Å². The molecule has 3 N–H and O–H groups in total. The highest BCUT2D eigenvalue weighted by Crippen LogP contribution is 2.16. The molecular weight excluding hydrogens is 418 g/mol. The van der Waals surface area contributed by atoms with Gasteiger partial charge in [-0.05, 0) is 55.4 Å². The second-order valence-corrected chi connectivity index (χ2v) is 7.28. The van der Waals surface area contributed by atoms with Crippen LogP contribution in [-0.4, -0.2) is 49.3 Å². The number of rotatable bonds is 6. The van der Waals surface area contributed by atoms with E-state index in [1.165, 1.54) is 13.2 Å². The quantitative estimate of drug-likeness (QED) is 0.467.